The third kappa shape index (κ3) is 3.72. The minimum atomic E-state index is -0.257. The van der Waals surface area contributed by atoms with Gasteiger partial charge in [-0.25, -0.2) is 4.79 Å². The number of hydrogen-bond acceptors (Lipinski definition) is 3. The zero-order valence-electron chi connectivity index (χ0n) is 9.03. The van der Waals surface area contributed by atoms with Crippen molar-refractivity contribution < 1.29 is 9.53 Å². The van der Waals surface area contributed by atoms with Gasteiger partial charge in [0, 0.05) is 0 Å². The minimum Gasteiger partial charge on any atom is -0.462 e. The van der Waals surface area contributed by atoms with Crippen molar-refractivity contribution in [2.24, 2.45) is 5.73 Å². The number of aryl methyl sites for hydroxylation is 1. The van der Waals surface area contributed by atoms with Gasteiger partial charge in [-0.2, -0.15) is 0 Å². The highest BCUT2D eigenvalue weighted by Gasteiger charge is 2.05. The van der Waals surface area contributed by atoms with Gasteiger partial charge in [0.2, 0.25) is 0 Å². The fourth-order valence-electron chi connectivity index (χ4n) is 1.37. The molecule has 1 aromatic carbocycles. The van der Waals surface area contributed by atoms with Crippen molar-refractivity contribution >= 4 is 5.97 Å². The number of carbonyl (C=O) groups excluding carboxylic acids is 1. The van der Waals surface area contributed by atoms with E-state index < -0.39 is 0 Å². The summed E-state index contributed by atoms with van der Waals surface area (Å²) in [6.07, 6.45) is 1.84. The van der Waals surface area contributed by atoms with Gasteiger partial charge in [0.05, 0.1) is 12.2 Å². The number of hydrogen-bond donors (Lipinski definition) is 1. The largest absolute Gasteiger partial charge is 0.462 e. The Bertz CT molecular complexity index is 323. The second kappa shape index (κ2) is 6.19. The third-order valence-corrected chi connectivity index (χ3v) is 2.11. The predicted molar refractivity (Wildman–Crippen MR) is 59.8 cm³/mol. The summed E-state index contributed by atoms with van der Waals surface area (Å²) in [5, 5.41) is 0. The van der Waals surface area contributed by atoms with Crippen molar-refractivity contribution in [2.75, 3.05) is 13.2 Å². The van der Waals surface area contributed by atoms with Crippen molar-refractivity contribution in [3.05, 3.63) is 35.4 Å². The van der Waals surface area contributed by atoms with Crippen LogP contribution in [0.25, 0.3) is 0 Å². The van der Waals surface area contributed by atoms with E-state index in [0.29, 0.717) is 18.7 Å². The van der Waals surface area contributed by atoms with Crippen LogP contribution in [0.5, 0.6) is 0 Å². The zero-order valence-corrected chi connectivity index (χ0v) is 9.03. The lowest BCUT2D eigenvalue weighted by Gasteiger charge is -2.04. The maximum atomic E-state index is 11.4. The maximum Gasteiger partial charge on any atom is 0.338 e. The fraction of sp³-hybridized carbons (Fsp3) is 0.417. The molecule has 1 rings (SSSR count). The minimum absolute atomic E-state index is 0.257. The van der Waals surface area contributed by atoms with Gasteiger partial charge in [-0.3, -0.25) is 0 Å². The van der Waals surface area contributed by atoms with Gasteiger partial charge in [-0.15, -0.1) is 0 Å². The van der Waals surface area contributed by atoms with Crippen LogP contribution >= 0.6 is 0 Å². The molecule has 3 heteroatoms. The number of esters is 1. The van der Waals surface area contributed by atoms with Crippen LogP contribution in [0.15, 0.2) is 24.3 Å². The predicted octanol–water partition coefficient (Wildman–Crippen LogP) is 1.75. The van der Waals surface area contributed by atoms with Gasteiger partial charge in [0.1, 0.15) is 0 Å². The fourth-order valence-corrected chi connectivity index (χ4v) is 1.37. The molecule has 3 nitrogen and oxygen atoms in total. The maximum absolute atomic E-state index is 11.4. The molecule has 0 aromatic heterocycles. The first kappa shape index (κ1) is 11.7. The molecule has 82 valence electrons. The first-order valence-electron chi connectivity index (χ1n) is 5.24. The molecule has 15 heavy (non-hydrogen) atoms. The highest BCUT2D eigenvalue weighted by atomic mass is 16.5. The molecule has 0 saturated carbocycles. The summed E-state index contributed by atoms with van der Waals surface area (Å²) in [6.45, 7) is 2.88. The van der Waals surface area contributed by atoms with Gasteiger partial charge >= 0.3 is 5.97 Å². The van der Waals surface area contributed by atoms with E-state index in [-0.39, 0.29) is 5.97 Å². The summed E-state index contributed by atoms with van der Waals surface area (Å²) in [6, 6.07) is 7.51. The second-order valence-electron chi connectivity index (χ2n) is 3.31. The SMILES string of the molecule is CCOC(=O)c1cccc(CCCN)c1. The summed E-state index contributed by atoms with van der Waals surface area (Å²) in [5.74, 6) is -0.257. The van der Waals surface area contributed by atoms with E-state index in [0.717, 1.165) is 18.4 Å². The van der Waals surface area contributed by atoms with Gasteiger partial charge in [-0.05, 0) is 44.0 Å². The number of ether oxygens (including phenoxy) is 1. The lowest BCUT2D eigenvalue weighted by Crippen LogP contribution is -2.05. The lowest BCUT2D eigenvalue weighted by molar-refractivity contribution is 0.0526. The first-order chi connectivity index (χ1) is 7.27. The number of nitrogens with two attached hydrogens (primary N) is 1. The Balaban J connectivity index is 2.69. The summed E-state index contributed by atoms with van der Waals surface area (Å²) in [5.41, 5.74) is 7.18. The van der Waals surface area contributed by atoms with Crippen LogP contribution in [-0.2, 0) is 11.2 Å². The zero-order chi connectivity index (χ0) is 11.1. The molecule has 0 saturated heterocycles. The van der Waals surface area contributed by atoms with E-state index in [9.17, 15) is 4.79 Å². The van der Waals surface area contributed by atoms with E-state index in [1.54, 1.807) is 13.0 Å². The molecule has 0 spiro atoms. The Morgan fingerprint density at radius 1 is 1.47 bits per heavy atom. The molecular formula is C12H17NO2. The van der Waals surface area contributed by atoms with E-state index in [1.807, 2.05) is 18.2 Å². The van der Waals surface area contributed by atoms with Crippen LogP contribution in [0.4, 0.5) is 0 Å². The molecule has 0 aliphatic rings. The average Bonchev–Trinajstić information content (AvgIpc) is 2.27. The quantitative estimate of drug-likeness (QED) is 0.748. The lowest BCUT2D eigenvalue weighted by atomic mass is 10.1. The highest BCUT2D eigenvalue weighted by Crippen LogP contribution is 2.08. The molecule has 0 bridgehead atoms. The molecule has 0 unspecified atom stereocenters. The Morgan fingerprint density at radius 3 is 2.93 bits per heavy atom. The summed E-state index contributed by atoms with van der Waals surface area (Å²) >= 11 is 0. The van der Waals surface area contributed by atoms with Crippen LogP contribution in [0.2, 0.25) is 0 Å². The normalized spacial score (nSPS) is 10.0. The van der Waals surface area contributed by atoms with Crippen LogP contribution in [0, 0.1) is 0 Å². The van der Waals surface area contributed by atoms with Crippen molar-refractivity contribution in [3.8, 4) is 0 Å². The number of benzene rings is 1. The van der Waals surface area contributed by atoms with Crippen LogP contribution in [0.1, 0.15) is 29.3 Å². The molecule has 0 heterocycles. The molecule has 0 aliphatic heterocycles. The van der Waals surface area contributed by atoms with Crippen molar-refractivity contribution in [2.45, 2.75) is 19.8 Å². The van der Waals surface area contributed by atoms with Crippen molar-refractivity contribution in [3.63, 3.8) is 0 Å². The van der Waals surface area contributed by atoms with E-state index in [1.165, 1.54) is 0 Å². The molecule has 0 aliphatic carbocycles. The van der Waals surface area contributed by atoms with Gasteiger partial charge in [0.15, 0.2) is 0 Å². The van der Waals surface area contributed by atoms with E-state index in [4.69, 9.17) is 10.5 Å². The van der Waals surface area contributed by atoms with Crippen LogP contribution < -0.4 is 5.73 Å². The van der Waals surface area contributed by atoms with Gasteiger partial charge in [-0.1, -0.05) is 12.1 Å². The molecular weight excluding hydrogens is 190 g/mol. The Labute approximate surface area is 90.2 Å². The summed E-state index contributed by atoms with van der Waals surface area (Å²) in [4.78, 5) is 11.4. The molecule has 0 amide bonds. The number of carbonyl (C=O) groups is 1. The molecule has 0 fully saturated rings. The monoisotopic (exact) mass is 207 g/mol. The molecule has 2 N–H and O–H groups in total. The van der Waals surface area contributed by atoms with Gasteiger partial charge < -0.3 is 10.5 Å². The third-order valence-electron chi connectivity index (χ3n) is 2.11. The van der Waals surface area contributed by atoms with E-state index >= 15 is 0 Å². The van der Waals surface area contributed by atoms with E-state index in [2.05, 4.69) is 0 Å². The molecule has 1 aromatic rings. The van der Waals surface area contributed by atoms with Crippen molar-refractivity contribution in [1.29, 1.82) is 0 Å². The number of rotatable bonds is 5. The molecule has 0 radical (unpaired) electrons. The van der Waals surface area contributed by atoms with Gasteiger partial charge in [0.25, 0.3) is 0 Å². The smallest absolute Gasteiger partial charge is 0.338 e. The molecule has 0 atom stereocenters. The Hall–Kier alpha value is -1.35. The second-order valence-corrected chi connectivity index (χ2v) is 3.31. The van der Waals surface area contributed by atoms with Crippen LogP contribution in [0.3, 0.4) is 0 Å². The standard InChI is InChI=1S/C12H17NO2/c1-2-15-12(14)11-7-3-5-10(9-11)6-4-8-13/h3,5,7,9H,2,4,6,8,13H2,1H3. The topological polar surface area (TPSA) is 52.3 Å². The van der Waals surface area contributed by atoms with Crippen LogP contribution in [-0.4, -0.2) is 19.1 Å². The Morgan fingerprint density at radius 2 is 2.27 bits per heavy atom. The Kier molecular flexibility index (Phi) is 4.84. The van der Waals surface area contributed by atoms with Crippen molar-refractivity contribution in [1.82, 2.24) is 0 Å². The summed E-state index contributed by atoms with van der Waals surface area (Å²) < 4.78 is 4.92. The highest BCUT2D eigenvalue weighted by molar-refractivity contribution is 5.89. The summed E-state index contributed by atoms with van der Waals surface area (Å²) in [7, 11) is 0. The average molecular weight is 207 g/mol. The first-order valence-corrected chi connectivity index (χ1v) is 5.24.